The standard InChI is InChI=1S/C14H23FN2S/c1-11(10-18-3)17(2)9-8-14(16)12-6-4-5-7-13(12)15/h4-7,11,14H,8-10,16H2,1-3H3. The molecule has 0 spiro atoms. The van der Waals surface area contributed by atoms with Crippen LogP contribution in [0.5, 0.6) is 0 Å². The molecule has 0 aliphatic heterocycles. The van der Waals surface area contributed by atoms with Gasteiger partial charge in [0.15, 0.2) is 0 Å². The van der Waals surface area contributed by atoms with Crippen molar-refractivity contribution >= 4 is 11.8 Å². The Morgan fingerprint density at radius 3 is 2.67 bits per heavy atom. The summed E-state index contributed by atoms with van der Waals surface area (Å²) in [5.74, 6) is 0.899. The van der Waals surface area contributed by atoms with Crippen molar-refractivity contribution in [2.75, 3.05) is 25.6 Å². The number of rotatable bonds is 7. The van der Waals surface area contributed by atoms with Crippen molar-refractivity contribution in [2.24, 2.45) is 5.73 Å². The van der Waals surface area contributed by atoms with Crippen LogP contribution in [-0.2, 0) is 0 Å². The second-order valence-corrected chi connectivity index (χ2v) is 5.61. The molecule has 102 valence electrons. The highest BCUT2D eigenvalue weighted by molar-refractivity contribution is 7.98. The zero-order valence-corrected chi connectivity index (χ0v) is 12.2. The van der Waals surface area contributed by atoms with Crippen molar-refractivity contribution in [1.82, 2.24) is 4.90 Å². The zero-order chi connectivity index (χ0) is 13.5. The molecule has 0 saturated heterocycles. The second-order valence-electron chi connectivity index (χ2n) is 4.70. The lowest BCUT2D eigenvalue weighted by atomic mass is 10.0. The Kier molecular flexibility index (Phi) is 6.68. The molecule has 1 rings (SSSR count). The smallest absolute Gasteiger partial charge is 0.127 e. The molecule has 2 N–H and O–H groups in total. The lowest BCUT2D eigenvalue weighted by molar-refractivity contribution is 0.266. The van der Waals surface area contributed by atoms with Crippen molar-refractivity contribution in [3.05, 3.63) is 35.6 Å². The third kappa shape index (κ3) is 4.59. The molecule has 1 aromatic rings. The third-order valence-electron chi connectivity index (χ3n) is 3.26. The van der Waals surface area contributed by atoms with Gasteiger partial charge in [-0.3, -0.25) is 0 Å². The van der Waals surface area contributed by atoms with Gasteiger partial charge in [-0.15, -0.1) is 0 Å². The SMILES string of the molecule is CSCC(C)N(C)CCC(N)c1ccccc1F. The Morgan fingerprint density at radius 1 is 1.39 bits per heavy atom. The predicted molar refractivity (Wildman–Crippen MR) is 78.4 cm³/mol. The van der Waals surface area contributed by atoms with Crippen LogP contribution in [0.15, 0.2) is 24.3 Å². The Balaban J connectivity index is 2.46. The van der Waals surface area contributed by atoms with E-state index in [4.69, 9.17) is 5.73 Å². The largest absolute Gasteiger partial charge is 0.324 e. The van der Waals surface area contributed by atoms with Gasteiger partial charge < -0.3 is 10.6 Å². The number of thioether (sulfide) groups is 1. The first kappa shape index (κ1) is 15.5. The van der Waals surface area contributed by atoms with Crippen LogP contribution in [-0.4, -0.2) is 36.5 Å². The minimum atomic E-state index is -0.227. The molecule has 0 aliphatic carbocycles. The first-order chi connectivity index (χ1) is 8.56. The predicted octanol–water partition coefficient (Wildman–Crippen LogP) is 2.90. The van der Waals surface area contributed by atoms with E-state index in [0.29, 0.717) is 11.6 Å². The molecule has 0 heterocycles. The van der Waals surface area contributed by atoms with E-state index in [2.05, 4.69) is 25.1 Å². The van der Waals surface area contributed by atoms with Gasteiger partial charge in [-0.25, -0.2) is 4.39 Å². The summed E-state index contributed by atoms with van der Waals surface area (Å²) in [6.07, 6.45) is 2.88. The van der Waals surface area contributed by atoms with Crippen molar-refractivity contribution < 1.29 is 4.39 Å². The van der Waals surface area contributed by atoms with Gasteiger partial charge in [0.05, 0.1) is 0 Å². The Bertz CT molecular complexity index is 359. The molecule has 0 aromatic heterocycles. The van der Waals surface area contributed by atoms with Gasteiger partial charge in [0.1, 0.15) is 5.82 Å². The van der Waals surface area contributed by atoms with E-state index in [1.54, 1.807) is 12.1 Å². The summed E-state index contributed by atoms with van der Waals surface area (Å²) in [6, 6.07) is 7.06. The molecule has 0 bridgehead atoms. The highest BCUT2D eigenvalue weighted by atomic mass is 32.2. The number of hydrogen-bond donors (Lipinski definition) is 1. The van der Waals surface area contributed by atoms with Gasteiger partial charge in [0, 0.05) is 23.4 Å². The fourth-order valence-corrected chi connectivity index (χ4v) is 2.60. The van der Waals surface area contributed by atoms with Crippen molar-refractivity contribution in [2.45, 2.75) is 25.4 Å². The topological polar surface area (TPSA) is 29.3 Å². The van der Waals surface area contributed by atoms with Crippen LogP contribution in [0, 0.1) is 5.82 Å². The van der Waals surface area contributed by atoms with Crippen LogP contribution in [0.25, 0.3) is 0 Å². The lowest BCUT2D eigenvalue weighted by Gasteiger charge is -2.25. The Labute approximate surface area is 114 Å². The van der Waals surface area contributed by atoms with Crippen molar-refractivity contribution in [3.63, 3.8) is 0 Å². The van der Waals surface area contributed by atoms with Gasteiger partial charge >= 0.3 is 0 Å². The van der Waals surface area contributed by atoms with Gasteiger partial charge in [0.25, 0.3) is 0 Å². The molecule has 0 aliphatic rings. The number of hydrogen-bond acceptors (Lipinski definition) is 3. The maximum absolute atomic E-state index is 13.5. The highest BCUT2D eigenvalue weighted by Crippen LogP contribution is 2.18. The Morgan fingerprint density at radius 2 is 2.06 bits per heavy atom. The minimum Gasteiger partial charge on any atom is -0.324 e. The monoisotopic (exact) mass is 270 g/mol. The maximum atomic E-state index is 13.5. The average molecular weight is 270 g/mol. The number of nitrogens with two attached hydrogens (primary N) is 1. The van der Waals surface area contributed by atoms with Gasteiger partial charge in [-0.05, 0) is 39.3 Å². The van der Waals surface area contributed by atoms with Crippen molar-refractivity contribution in [3.8, 4) is 0 Å². The average Bonchev–Trinajstić information content (AvgIpc) is 2.36. The molecule has 1 aromatic carbocycles. The summed E-state index contributed by atoms with van der Waals surface area (Å²) < 4.78 is 13.5. The number of halogens is 1. The van der Waals surface area contributed by atoms with E-state index in [1.807, 2.05) is 17.8 Å². The summed E-state index contributed by atoms with van der Waals surface area (Å²) in [4.78, 5) is 2.28. The van der Waals surface area contributed by atoms with Crippen LogP contribution in [0.1, 0.15) is 24.9 Å². The van der Waals surface area contributed by atoms with Crippen LogP contribution < -0.4 is 5.73 Å². The van der Waals surface area contributed by atoms with Gasteiger partial charge in [-0.1, -0.05) is 18.2 Å². The Hall–Kier alpha value is -0.580. The molecule has 4 heteroatoms. The molecule has 0 fully saturated rings. The van der Waals surface area contributed by atoms with Gasteiger partial charge in [-0.2, -0.15) is 11.8 Å². The molecule has 0 radical (unpaired) electrons. The van der Waals surface area contributed by atoms with E-state index >= 15 is 0 Å². The highest BCUT2D eigenvalue weighted by Gasteiger charge is 2.13. The number of benzene rings is 1. The zero-order valence-electron chi connectivity index (χ0n) is 11.4. The molecule has 2 unspecified atom stereocenters. The van der Waals surface area contributed by atoms with Crippen LogP contribution >= 0.6 is 11.8 Å². The fourth-order valence-electron chi connectivity index (χ4n) is 1.86. The fraction of sp³-hybridized carbons (Fsp3) is 0.571. The summed E-state index contributed by atoms with van der Waals surface area (Å²) in [5, 5.41) is 0. The van der Waals surface area contributed by atoms with Crippen LogP contribution in [0.2, 0.25) is 0 Å². The normalized spacial score (nSPS) is 14.8. The van der Waals surface area contributed by atoms with E-state index < -0.39 is 0 Å². The third-order valence-corrected chi connectivity index (χ3v) is 4.07. The molecule has 0 saturated carbocycles. The summed E-state index contributed by atoms with van der Waals surface area (Å²) in [5.41, 5.74) is 6.66. The van der Waals surface area contributed by atoms with E-state index in [0.717, 1.165) is 18.7 Å². The molecule has 0 amide bonds. The summed E-state index contributed by atoms with van der Waals surface area (Å²) in [6.45, 7) is 3.09. The quantitative estimate of drug-likeness (QED) is 0.826. The molecular formula is C14H23FN2S. The lowest BCUT2D eigenvalue weighted by Crippen LogP contribution is -2.33. The van der Waals surface area contributed by atoms with Crippen LogP contribution in [0.4, 0.5) is 4.39 Å². The molecule has 2 atom stereocenters. The first-order valence-electron chi connectivity index (χ1n) is 6.25. The maximum Gasteiger partial charge on any atom is 0.127 e. The van der Waals surface area contributed by atoms with E-state index in [-0.39, 0.29) is 11.9 Å². The molecule has 2 nitrogen and oxygen atoms in total. The summed E-state index contributed by atoms with van der Waals surface area (Å²) >= 11 is 1.84. The van der Waals surface area contributed by atoms with Crippen molar-refractivity contribution in [1.29, 1.82) is 0 Å². The summed E-state index contributed by atoms with van der Waals surface area (Å²) in [7, 11) is 2.09. The molecular weight excluding hydrogens is 247 g/mol. The second kappa shape index (κ2) is 7.77. The van der Waals surface area contributed by atoms with E-state index in [1.165, 1.54) is 6.07 Å². The number of nitrogens with zero attached hydrogens (tertiary/aromatic N) is 1. The first-order valence-corrected chi connectivity index (χ1v) is 7.64. The van der Waals surface area contributed by atoms with Crippen LogP contribution in [0.3, 0.4) is 0 Å². The van der Waals surface area contributed by atoms with E-state index in [9.17, 15) is 4.39 Å². The molecule has 18 heavy (non-hydrogen) atoms. The minimum absolute atomic E-state index is 0.204. The van der Waals surface area contributed by atoms with Gasteiger partial charge in [0.2, 0.25) is 0 Å².